The lowest BCUT2D eigenvalue weighted by molar-refractivity contribution is -0.125. The first-order valence-electron chi connectivity index (χ1n) is 11.5. The second-order valence-electron chi connectivity index (χ2n) is 9.25. The van der Waals surface area contributed by atoms with Gasteiger partial charge >= 0.3 is 0 Å². The molecule has 0 bridgehead atoms. The highest BCUT2D eigenvalue weighted by molar-refractivity contribution is 7.21. The zero-order valence-corrected chi connectivity index (χ0v) is 21.2. The van der Waals surface area contributed by atoms with Gasteiger partial charge in [0.2, 0.25) is 5.91 Å². The van der Waals surface area contributed by atoms with Crippen LogP contribution in [0.15, 0.2) is 30.9 Å². The lowest BCUT2D eigenvalue weighted by Crippen LogP contribution is -2.54. The van der Waals surface area contributed by atoms with E-state index in [4.69, 9.17) is 0 Å². The number of aromatic nitrogens is 5. The molecule has 1 fully saturated rings. The summed E-state index contributed by atoms with van der Waals surface area (Å²) in [6, 6.07) is 2.18. The van der Waals surface area contributed by atoms with Gasteiger partial charge in [0.25, 0.3) is 5.91 Å². The molecule has 4 aromatic heterocycles. The van der Waals surface area contributed by atoms with Gasteiger partial charge in [-0.3, -0.25) is 24.2 Å². The van der Waals surface area contributed by atoms with E-state index in [0.29, 0.717) is 28.7 Å². The van der Waals surface area contributed by atoms with Gasteiger partial charge in [0.15, 0.2) is 0 Å². The smallest absolute Gasteiger partial charge is 0.260 e. The van der Waals surface area contributed by atoms with Crippen molar-refractivity contribution in [2.24, 2.45) is 13.0 Å². The fourth-order valence-corrected chi connectivity index (χ4v) is 5.29. The predicted octanol–water partition coefficient (Wildman–Crippen LogP) is 3.34. The number of hydrogen-bond acceptors (Lipinski definition) is 7. The number of likely N-dealkylation sites (tertiary alicyclic amines) is 1. The number of hydrogen-bond donors (Lipinski definition) is 2. The van der Waals surface area contributed by atoms with Gasteiger partial charge < -0.3 is 10.6 Å². The molecule has 5 rings (SSSR count). The van der Waals surface area contributed by atoms with Crippen LogP contribution in [0.1, 0.15) is 35.6 Å². The van der Waals surface area contributed by atoms with Crippen molar-refractivity contribution >= 4 is 39.4 Å². The summed E-state index contributed by atoms with van der Waals surface area (Å²) < 4.78 is 3.48. The Labute approximate surface area is 207 Å². The topological polar surface area (TPSA) is 109 Å². The molecule has 1 aliphatic heterocycles. The normalized spacial score (nSPS) is 14.5. The van der Waals surface area contributed by atoms with Crippen LogP contribution in [-0.2, 0) is 11.8 Å². The van der Waals surface area contributed by atoms with E-state index >= 15 is 0 Å². The number of nitrogens with one attached hydrogen (secondary N) is 2. The van der Waals surface area contributed by atoms with E-state index < -0.39 is 0 Å². The van der Waals surface area contributed by atoms with Crippen molar-refractivity contribution < 1.29 is 9.59 Å². The van der Waals surface area contributed by atoms with Crippen molar-refractivity contribution in [3.63, 3.8) is 0 Å². The Morgan fingerprint density at radius 2 is 1.89 bits per heavy atom. The van der Waals surface area contributed by atoms with Crippen molar-refractivity contribution in [2.45, 2.75) is 33.7 Å². The highest BCUT2D eigenvalue weighted by Gasteiger charge is 2.34. The van der Waals surface area contributed by atoms with Crippen LogP contribution in [0.5, 0.6) is 0 Å². The minimum absolute atomic E-state index is 0.0278. The fraction of sp³-hybridized carbons (Fsp3) is 0.375. The molecule has 35 heavy (non-hydrogen) atoms. The molecule has 2 N–H and O–H groups in total. The number of rotatable bonds is 6. The van der Waals surface area contributed by atoms with Crippen molar-refractivity contribution in [1.82, 2.24) is 29.3 Å². The third kappa shape index (κ3) is 4.44. The molecular formula is C24H28N8O2S. The zero-order valence-electron chi connectivity index (χ0n) is 20.4. The molecule has 10 nitrogen and oxygen atoms in total. The van der Waals surface area contributed by atoms with Gasteiger partial charge in [-0.2, -0.15) is 10.2 Å². The minimum atomic E-state index is -0.281. The summed E-state index contributed by atoms with van der Waals surface area (Å²) in [4.78, 5) is 34.1. The Balaban J connectivity index is 1.32. The molecule has 5 heterocycles. The molecule has 0 radical (unpaired) electrons. The van der Waals surface area contributed by atoms with Crippen molar-refractivity contribution in [2.75, 3.05) is 23.7 Å². The van der Waals surface area contributed by atoms with E-state index in [1.165, 1.54) is 11.3 Å². The number of thiazole rings is 1. The second kappa shape index (κ2) is 8.90. The minimum Gasteiger partial charge on any atom is -0.324 e. The first kappa shape index (κ1) is 23.2. The largest absolute Gasteiger partial charge is 0.324 e. The third-order valence-electron chi connectivity index (χ3n) is 6.33. The third-order valence-corrected chi connectivity index (χ3v) is 7.48. The van der Waals surface area contributed by atoms with Gasteiger partial charge in [-0.1, -0.05) is 0 Å². The van der Waals surface area contributed by atoms with Crippen LogP contribution in [0, 0.1) is 19.8 Å². The average Bonchev–Trinajstić information content (AvgIpc) is 3.42. The van der Waals surface area contributed by atoms with Gasteiger partial charge in [0, 0.05) is 44.1 Å². The van der Waals surface area contributed by atoms with Crippen molar-refractivity contribution in [3.8, 4) is 10.4 Å². The van der Waals surface area contributed by atoms with Gasteiger partial charge in [-0.15, -0.1) is 11.3 Å². The van der Waals surface area contributed by atoms with E-state index in [-0.39, 0.29) is 17.7 Å². The number of amides is 2. The predicted molar refractivity (Wildman–Crippen MR) is 136 cm³/mol. The quantitative estimate of drug-likeness (QED) is 0.427. The first-order chi connectivity index (χ1) is 16.7. The molecular weight excluding hydrogens is 464 g/mol. The van der Waals surface area contributed by atoms with E-state index in [2.05, 4.69) is 44.6 Å². The highest BCUT2D eigenvalue weighted by Crippen LogP contribution is 2.32. The summed E-state index contributed by atoms with van der Waals surface area (Å²) in [6.45, 7) is 9.53. The molecule has 1 aliphatic rings. The molecule has 0 spiro atoms. The SMILES string of the molecule is Cc1ncc(NC(=O)C2CN(C(C)C)C2)cc1NC(=O)c1cnn2cc(-c3cn(C)nc3C)sc12. The summed E-state index contributed by atoms with van der Waals surface area (Å²) in [6.07, 6.45) is 7.04. The van der Waals surface area contributed by atoms with Crippen LogP contribution in [-0.4, -0.2) is 60.2 Å². The monoisotopic (exact) mass is 492 g/mol. The molecule has 2 amide bonds. The number of carbonyl (C=O) groups is 2. The summed E-state index contributed by atoms with van der Waals surface area (Å²) in [5.41, 5.74) is 4.17. The maximum absolute atomic E-state index is 13.2. The first-order valence-corrected chi connectivity index (χ1v) is 12.3. The summed E-state index contributed by atoms with van der Waals surface area (Å²) in [7, 11) is 1.88. The Morgan fingerprint density at radius 3 is 2.57 bits per heavy atom. The Kier molecular flexibility index (Phi) is 5.89. The van der Waals surface area contributed by atoms with E-state index in [9.17, 15) is 9.59 Å². The molecule has 0 aromatic carbocycles. The summed E-state index contributed by atoms with van der Waals surface area (Å²) in [5, 5.41) is 14.6. The number of aryl methyl sites for hydroxylation is 3. The van der Waals surface area contributed by atoms with Gasteiger partial charge in [-0.25, -0.2) is 4.52 Å². The number of carbonyl (C=O) groups excluding carboxylic acids is 2. The van der Waals surface area contributed by atoms with E-state index in [0.717, 1.165) is 34.1 Å². The van der Waals surface area contributed by atoms with Crippen LogP contribution in [0.2, 0.25) is 0 Å². The van der Waals surface area contributed by atoms with Crippen molar-refractivity contribution in [1.29, 1.82) is 0 Å². The number of pyridine rings is 1. The molecule has 182 valence electrons. The van der Waals surface area contributed by atoms with Crippen molar-refractivity contribution in [3.05, 3.63) is 47.8 Å². The standard InChI is InChI=1S/C24H28N8O2S/c1-13(2)31-9-16(10-31)22(33)27-17-6-20(15(4)25-7-17)28-23(34)18-8-26-32-12-21(35-24(18)32)19-11-30(5)29-14(19)3/h6-8,11-13,16H,9-10H2,1-5H3,(H,27,33)(H,28,34). The number of anilines is 2. The molecule has 0 unspecified atom stereocenters. The Morgan fingerprint density at radius 1 is 1.11 bits per heavy atom. The van der Waals surface area contributed by atoms with Gasteiger partial charge in [-0.05, 0) is 33.8 Å². The molecule has 0 saturated carbocycles. The summed E-state index contributed by atoms with van der Waals surface area (Å²) in [5.74, 6) is -0.342. The average molecular weight is 493 g/mol. The lowest BCUT2D eigenvalue weighted by atomic mass is 9.97. The fourth-order valence-electron chi connectivity index (χ4n) is 4.17. The summed E-state index contributed by atoms with van der Waals surface area (Å²) >= 11 is 1.49. The highest BCUT2D eigenvalue weighted by atomic mass is 32.1. The van der Waals surface area contributed by atoms with E-state index in [1.54, 1.807) is 27.7 Å². The molecule has 0 aliphatic carbocycles. The number of nitrogens with zero attached hydrogens (tertiary/aromatic N) is 6. The van der Waals surface area contributed by atoms with Crippen LogP contribution in [0.25, 0.3) is 15.3 Å². The van der Waals surface area contributed by atoms with Crippen LogP contribution in [0.4, 0.5) is 11.4 Å². The second-order valence-corrected chi connectivity index (χ2v) is 10.3. The molecule has 0 atom stereocenters. The lowest BCUT2D eigenvalue weighted by Gasteiger charge is -2.41. The maximum atomic E-state index is 13.2. The van der Waals surface area contributed by atoms with Crippen LogP contribution < -0.4 is 10.6 Å². The van der Waals surface area contributed by atoms with E-state index in [1.807, 2.05) is 33.3 Å². The Bertz CT molecular complexity index is 1430. The molecule has 11 heteroatoms. The molecule has 1 saturated heterocycles. The zero-order chi connectivity index (χ0) is 24.9. The molecule has 4 aromatic rings. The van der Waals surface area contributed by atoms with Crippen LogP contribution >= 0.6 is 11.3 Å². The van der Waals surface area contributed by atoms with Gasteiger partial charge in [0.1, 0.15) is 4.83 Å². The van der Waals surface area contributed by atoms with Gasteiger partial charge in [0.05, 0.1) is 51.5 Å². The van der Waals surface area contributed by atoms with Crippen LogP contribution in [0.3, 0.4) is 0 Å². The Hall–Kier alpha value is -3.57. The maximum Gasteiger partial charge on any atom is 0.260 e. The number of fused-ring (bicyclic) bond motifs is 1.